The third-order valence-corrected chi connectivity index (χ3v) is 7.40. The maximum atomic E-state index is 14.0. The zero-order valence-electron chi connectivity index (χ0n) is 21.5. The van der Waals surface area contributed by atoms with Crippen LogP contribution in [0.1, 0.15) is 69.5 Å². The van der Waals surface area contributed by atoms with Crippen molar-refractivity contribution in [3.8, 4) is 0 Å². The van der Waals surface area contributed by atoms with Crippen LogP contribution in [0.25, 0.3) is 0 Å². The number of piperidine rings is 1. The van der Waals surface area contributed by atoms with E-state index >= 15 is 0 Å². The number of likely N-dealkylation sites (N-methyl/N-ethyl adjacent to an activating group) is 1. The molecule has 1 saturated heterocycles. The number of rotatable bonds is 11. The van der Waals surface area contributed by atoms with Crippen molar-refractivity contribution in [3.63, 3.8) is 0 Å². The number of carbonyl (C=O) groups excluding carboxylic acids is 1. The largest absolute Gasteiger partial charge is 0.465 e. The highest BCUT2D eigenvalue weighted by Crippen LogP contribution is 2.33. The molecule has 4 N–H and O–H groups in total. The molecule has 2 aliphatic rings. The molecule has 2 fully saturated rings. The second-order valence-corrected chi connectivity index (χ2v) is 10.2. The molecule has 0 bridgehead atoms. The van der Waals surface area contributed by atoms with E-state index < -0.39 is 12.2 Å². The maximum Gasteiger partial charge on any atom is 0.404 e. The molecule has 8 nitrogen and oxygen atoms in total. The molecule has 1 heterocycles. The number of likely N-dealkylation sites (tertiary alicyclic amines) is 1. The Labute approximate surface area is 214 Å². The van der Waals surface area contributed by atoms with Gasteiger partial charge in [0.25, 0.3) is 0 Å². The maximum absolute atomic E-state index is 14.0. The molecule has 1 saturated carbocycles. The molecule has 1 aliphatic heterocycles. The Kier molecular flexibility index (Phi) is 11.7. The number of nitrogens with one attached hydrogen (secondary N) is 3. The van der Waals surface area contributed by atoms with Gasteiger partial charge in [-0.3, -0.25) is 0 Å². The van der Waals surface area contributed by atoms with Gasteiger partial charge in [0, 0.05) is 38.1 Å². The zero-order valence-corrected chi connectivity index (χ0v) is 21.5. The highest BCUT2D eigenvalue weighted by Gasteiger charge is 2.32. The minimum absolute atomic E-state index is 0.0132. The normalized spacial score (nSPS) is 20.8. The number of carboxylic acid groups (broad SMARTS) is 1. The monoisotopic (exact) mass is 506 g/mol. The molecule has 1 aromatic carbocycles. The first-order valence-corrected chi connectivity index (χ1v) is 13.5. The number of benzene rings is 1. The molecule has 3 unspecified atom stereocenters. The number of halogens is 1. The van der Waals surface area contributed by atoms with E-state index in [2.05, 4.69) is 16.0 Å². The van der Waals surface area contributed by atoms with Crippen molar-refractivity contribution >= 4 is 12.1 Å². The van der Waals surface area contributed by atoms with Gasteiger partial charge >= 0.3 is 12.1 Å². The lowest BCUT2D eigenvalue weighted by molar-refractivity contribution is -0.00866. The van der Waals surface area contributed by atoms with E-state index in [1.807, 2.05) is 18.0 Å². The van der Waals surface area contributed by atoms with Crippen LogP contribution in [-0.2, 0) is 4.74 Å². The number of nitrogens with zero attached hydrogens (tertiary/aromatic N) is 1. The summed E-state index contributed by atoms with van der Waals surface area (Å²) in [6.07, 6.45) is 8.81. The van der Waals surface area contributed by atoms with Gasteiger partial charge in [0.2, 0.25) is 0 Å². The minimum atomic E-state index is -1.11. The molecule has 36 heavy (non-hydrogen) atoms. The van der Waals surface area contributed by atoms with Crippen LogP contribution in [0, 0.1) is 17.7 Å². The van der Waals surface area contributed by atoms with Gasteiger partial charge < -0.3 is 30.7 Å². The van der Waals surface area contributed by atoms with E-state index in [0.29, 0.717) is 24.6 Å². The molecule has 3 rings (SSSR count). The molecule has 0 aromatic heterocycles. The molecule has 1 aromatic rings. The van der Waals surface area contributed by atoms with Crippen LogP contribution in [0.4, 0.5) is 14.0 Å². The standard InChI is InChI=1S/C27H43FN4O4/c1-29-18-24(16-20-8-4-2-3-5-9-20)31-26(33)32-14-7-11-22(19-32)25(36-15-13-30-27(34)35)21-10-6-12-23(28)17-21/h6,10,12,17,20,22,24-25,29-30H,2-5,7-9,11,13-16,18-19H2,1H3,(H,31,33)(H,34,35). The van der Waals surface area contributed by atoms with E-state index in [-0.39, 0.29) is 37.0 Å². The van der Waals surface area contributed by atoms with Crippen molar-refractivity contribution < 1.29 is 23.8 Å². The van der Waals surface area contributed by atoms with Crippen LogP contribution in [0.3, 0.4) is 0 Å². The van der Waals surface area contributed by atoms with Crippen molar-refractivity contribution in [3.05, 3.63) is 35.6 Å². The highest BCUT2D eigenvalue weighted by atomic mass is 19.1. The number of hydrogen-bond acceptors (Lipinski definition) is 4. The first kappa shape index (κ1) is 28.2. The lowest BCUT2D eigenvalue weighted by Crippen LogP contribution is -2.51. The number of amides is 3. The Bertz CT molecular complexity index is 819. The first-order valence-electron chi connectivity index (χ1n) is 13.5. The fourth-order valence-corrected chi connectivity index (χ4v) is 5.68. The third-order valence-electron chi connectivity index (χ3n) is 7.40. The molecule has 9 heteroatoms. The zero-order chi connectivity index (χ0) is 25.8. The van der Waals surface area contributed by atoms with Crippen LogP contribution in [0.15, 0.2) is 24.3 Å². The topological polar surface area (TPSA) is 103 Å². The summed E-state index contributed by atoms with van der Waals surface area (Å²) in [6, 6.07) is 6.36. The van der Waals surface area contributed by atoms with Gasteiger partial charge in [0.15, 0.2) is 0 Å². The molecule has 0 spiro atoms. The Morgan fingerprint density at radius 1 is 1.17 bits per heavy atom. The smallest absolute Gasteiger partial charge is 0.404 e. The van der Waals surface area contributed by atoms with Crippen LogP contribution in [-0.4, -0.2) is 68.0 Å². The van der Waals surface area contributed by atoms with Crippen molar-refractivity contribution in [1.29, 1.82) is 0 Å². The van der Waals surface area contributed by atoms with E-state index in [9.17, 15) is 14.0 Å². The molecular formula is C27H43FN4O4. The highest BCUT2D eigenvalue weighted by molar-refractivity contribution is 5.74. The van der Waals surface area contributed by atoms with Crippen LogP contribution >= 0.6 is 0 Å². The molecule has 202 valence electrons. The van der Waals surface area contributed by atoms with Crippen molar-refractivity contribution in [1.82, 2.24) is 20.9 Å². The number of hydrogen-bond donors (Lipinski definition) is 4. The van der Waals surface area contributed by atoms with E-state index in [1.54, 1.807) is 6.07 Å². The van der Waals surface area contributed by atoms with Gasteiger partial charge in [-0.05, 0) is 49.9 Å². The van der Waals surface area contributed by atoms with Crippen LogP contribution in [0.5, 0.6) is 0 Å². The summed E-state index contributed by atoms with van der Waals surface area (Å²) in [7, 11) is 1.92. The fourth-order valence-electron chi connectivity index (χ4n) is 5.68. The van der Waals surface area contributed by atoms with Gasteiger partial charge in [-0.2, -0.15) is 0 Å². The van der Waals surface area contributed by atoms with Gasteiger partial charge in [0.1, 0.15) is 5.82 Å². The predicted octanol–water partition coefficient (Wildman–Crippen LogP) is 4.52. The first-order chi connectivity index (χ1) is 17.5. The summed E-state index contributed by atoms with van der Waals surface area (Å²) in [4.78, 5) is 25.9. The minimum Gasteiger partial charge on any atom is -0.465 e. The molecule has 3 amide bonds. The second-order valence-electron chi connectivity index (χ2n) is 10.2. The van der Waals surface area contributed by atoms with Crippen molar-refractivity contribution in [2.24, 2.45) is 11.8 Å². The SMILES string of the molecule is CNCC(CC1CCCCCC1)NC(=O)N1CCCC(C(OCCNC(=O)O)c2cccc(F)c2)C1. The number of urea groups is 1. The fraction of sp³-hybridized carbons (Fsp3) is 0.704. The van der Waals surface area contributed by atoms with Crippen molar-refractivity contribution in [2.75, 3.05) is 39.8 Å². The van der Waals surface area contributed by atoms with Gasteiger partial charge in [0.05, 0.1) is 12.7 Å². The van der Waals surface area contributed by atoms with Crippen LogP contribution in [0.2, 0.25) is 0 Å². The van der Waals surface area contributed by atoms with E-state index in [4.69, 9.17) is 9.84 Å². The Morgan fingerprint density at radius 3 is 2.64 bits per heavy atom. The summed E-state index contributed by atoms with van der Waals surface area (Å²) in [5, 5.41) is 17.6. The molecular weight excluding hydrogens is 463 g/mol. The third kappa shape index (κ3) is 9.24. The summed E-state index contributed by atoms with van der Waals surface area (Å²) in [5.41, 5.74) is 0.707. The second kappa shape index (κ2) is 15.0. The summed E-state index contributed by atoms with van der Waals surface area (Å²) in [5.74, 6) is 0.301. The van der Waals surface area contributed by atoms with E-state index in [0.717, 1.165) is 25.8 Å². The summed E-state index contributed by atoms with van der Waals surface area (Å²) < 4.78 is 20.1. The molecule has 0 radical (unpaired) electrons. The Hall–Kier alpha value is -2.39. The molecule has 3 atom stereocenters. The van der Waals surface area contributed by atoms with Crippen LogP contribution < -0.4 is 16.0 Å². The number of ether oxygens (including phenoxy) is 1. The average molecular weight is 507 g/mol. The predicted molar refractivity (Wildman–Crippen MR) is 137 cm³/mol. The Balaban J connectivity index is 1.62. The molecule has 1 aliphatic carbocycles. The lowest BCUT2D eigenvalue weighted by Gasteiger charge is -2.38. The number of carbonyl (C=O) groups is 2. The van der Waals surface area contributed by atoms with Gasteiger partial charge in [-0.25, -0.2) is 14.0 Å². The van der Waals surface area contributed by atoms with Gasteiger partial charge in [-0.15, -0.1) is 0 Å². The summed E-state index contributed by atoms with van der Waals surface area (Å²) in [6.45, 7) is 2.24. The van der Waals surface area contributed by atoms with E-state index in [1.165, 1.54) is 50.7 Å². The van der Waals surface area contributed by atoms with Crippen molar-refractivity contribution in [2.45, 2.75) is 69.9 Å². The lowest BCUT2D eigenvalue weighted by atomic mass is 9.88. The van der Waals surface area contributed by atoms with Gasteiger partial charge in [-0.1, -0.05) is 50.7 Å². The summed E-state index contributed by atoms with van der Waals surface area (Å²) >= 11 is 0. The quantitative estimate of drug-likeness (QED) is 0.261. The average Bonchev–Trinajstić information content (AvgIpc) is 3.13. The Morgan fingerprint density at radius 2 is 1.94 bits per heavy atom.